The van der Waals surface area contributed by atoms with Gasteiger partial charge in [0.1, 0.15) is 0 Å². The summed E-state index contributed by atoms with van der Waals surface area (Å²) in [6, 6.07) is 0. The van der Waals surface area contributed by atoms with Gasteiger partial charge in [0.15, 0.2) is 0 Å². The molecular weight excluding hydrogens is 154 g/mol. The highest BCUT2D eigenvalue weighted by atomic mass is 16.1. The van der Waals surface area contributed by atoms with Gasteiger partial charge in [-0.2, -0.15) is 0 Å². The highest BCUT2D eigenvalue weighted by molar-refractivity contribution is 5.63. The van der Waals surface area contributed by atoms with Crippen molar-refractivity contribution in [2.75, 3.05) is 0 Å². The lowest BCUT2D eigenvalue weighted by atomic mass is 10.2. The molecule has 1 N–H and O–H groups in total. The van der Waals surface area contributed by atoms with Crippen molar-refractivity contribution in [3.63, 3.8) is 0 Å². The highest BCUT2D eigenvalue weighted by Gasteiger charge is 2.04. The van der Waals surface area contributed by atoms with Gasteiger partial charge in [0.2, 0.25) is 0 Å². The Kier molecular flexibility index (Phi) is 1.59. The van der Waals surface area contributed by atoms with Gasteiger partial charge in [-0.1, -0.05) is 23.4 Å². The Morgan fingerprint density at radius 2 is 2.17 bits per heavy atom. The molecule has 0 amide bonds. The molecule has 2 rings (SSSR count). The van der Waals surface area contributed by atoms with Crippen LogP contribution >= 0.6 is 0 Å². The van der Waals surface area contributed by atoms with E-state index in [1.165, 1.54) is 0 Å². The second-order valence-corrected chi connectivity index (χ2v) is 2.48. The lowest BCUT2D eigenvalue weighted by Crippen LogP contribution is -2.14. The predicted molar refractivity (Wildman–Crippen MR) is 45.3 cm³/mol. The first-order valence-electron chi connectivity index (χ1n) is 3.66. The number of H-pyrrole nitrogens is 1. The SMILES string of the molecule is O=c1[nH]nnc2c1C=CCC=C2. The quantitative estimate of drug-likeness (QED) is 0.606. The molecule has 0 fully saturated rings. The van der Waals surface area contributed by atoms with Crippen molar-refractivity contribution >= 4 is 12.2 Å². The monoisotopic (exact) mass is 161 g/mol. The van der Waals surface area contributed by atoms with E-state index in [1.54, 1.807) is 12.2 Å². The maximum absolute atomic E-state index is 11.2. The summed E-state index contributed by atoms with van der Waals surface area (Å²) in [6.45, 7) is 0. The normalized spacial score (nSPS) is 14.0. The molecule has 1 aromatic rings. The fraction of sp³-hybridized carbons (Fsp3) is 0.125. The summed E-state index contributed by atoms with van der Waals surface area (Å²) in [5.74, 6) is 0. The number of hydrogen-bond acceptors (Lipinski definition) is 3. The third-order valence-corrected chi connectivity index (χ3v) is 1.66. The van der Waals surface area contributed by atoms with Crippen LogP contribution in [0, 0.1) is 0 Å². The molecule has 4 heteroatoms. The van der Waals surface area contributed by atoms with Crippen molar-refractivity contribution in [3.05, 3.63) is 33.8 Å². The standard InChI is InChI=1S/C8H7N3O/c12-8-6-4-2-1-3-5-7(6)9-11-10-8/h2-5H,1H2,(H,9,10,12). The minimum absolute atomic E-state index is 0.192. The molecule has 0 radical (unpaired) electrons. The summed E-state index contributed by atoms with van der Waals surface area (Å²) in [6.07, 6.45) is 8.26. The van der Waals surface area contributed by atoms with Crippen LogP contribution in [-0.2, 0) is 0 Å². The number of hydrogen-bond donors (Lipinski definition) is 1. The van der Waals surface area contributed by atoms with Gasteiger partial charge >= 0.3 is 0 Å². The topological polar surface area (TPSA) is 58.6 Å². The van der Waals surface area contributed by atoms with Gasteiger partial charge in [-0.3, -0.25) is 4.79 Å². The minimum Gasteiger partial charge on any atom is -0.267 e. The molecule has 60 valence electrons. The molecule has 0 saturated carbocycles. The summed E-state index contributed by atoms with van der Waals surface area (Å²) in [4.78, 5) is 11.2. The Morgan fingerprint density at radius 3 is 3.08 bits per heavy atom. The molecule has 1 aromatic heterocycles. The van der Waals surface area contributed by atoms with Crippen molar-refractivity contribution < 1.29 is 0 Å². The van der Waals surface area contributed by atoms with E-state index in [-0.39, 0.29) is 5.56 Å². The van der Waals surface area contributed by atoms with E-state index in [2.05, 4.69) is 15.4 Å². The van der Waals surface area contributed by atoms with Crippen LogP contribution in [0.3, 0.4) is 0 Å². The van der Waals surface area contributed by atoms with Crippen LogP contribution in [-0.4, -0.2) is 15.4 Å². The van der Waals surface area contributed by atoms with Crippen LogP contribution in [0.5, 0.6) is 0 Å². The molecule has 1 aliphatic rings. The molecule has 12 heavy (non-hydrogen) atoms. The van der Waals surface area contributed by atoms with Crippen LogP contribution in [0.1, 0.15) is 17.7 Å². The minimum atomic E-state index is -0.192. The Labute approximate surface area is 68.6 Å². The van der Waals surface area contributed by atoms with Gasteiger partial charge in [-0.05, 0) is 12.5 Å². The molecule has 1 aliphatic carbocycles. The molecule has 0 saturated heterocycles. The summed E-state index contributed by atoms with van der Waals surface area (Å²) in [7, 11) is 0. The van der Waals surface area contributed by atoms with Gasteiger partial charge in [-0.25, -0.2) is 5.10 Å². The third-order valence-electron chi connectivity index (χ3n) is 1.66. The Hall–Kier alpha value is -1.71. The van der Waals surface area contributed by atoms with Crippen molar-refractivity contribution in [1.82, 2.24) is 15.4 Å². The molecule has 0 unspecified atom stereocenters. The Balaban J connectivity index is 2.73. The van der Waals surface area contributed by atoms with Crippen LogP contribution in [0.4, 0.5) is 0 Å². The first-order valence-corrected chi connectivity index (χ1v) is 3.66. The summed E-state index contributed by atoms with van der Waals surface area (Å²) < 4.78 is 0. The summed E-state index contributed by atoms with van der Waals surface area (Å²) in [5.41, 5.74) is 1.02. The van der Waals surface area contributed by atoms with Gasteiger partial charge in [-0.15, -0.1) is 5.10 Å². The van der Waals surface area contributed by atoms with Crippen molar-refractivity contribution in [1.29, 1.82) is 0 Å². The molecule has 0 aliphatic heterocycles. The van der Waals surface area contributed by atoms with Gasteiger partial charge in [0, 0.05) is 0 Å². The van der Waals surface area contributed by atoms with E-state index in [9.17, 15) is 4.79 Å². The van der Waals surface area contributed by atoms with E-state index in [0.29, 0.717) is 11.3 Å². The number of aromatic amines is 1. The third kappa shape index (κ3) is 1.07. The van der Waals surface area contributed by atoms with E-state index < -0.39 is 0 Å². The van der Waals surface area contributed by atoms with Crippen molar-refractivity contribution in [2.45, 2.75) is 6.42 Å². The number of nitrogens with one attached hydrogen (secondary N) is 1. The lowest BCUT2D eigenvalue weighted by molar-refractivity contribution is 0.830. The Morgan fingerprint density at radius 1 is 1.33 bits per heavy atom. The van der Waals surface area contributed by atoms with Crippen LogP contribution in [0.15, 0.2) is 16.9 Å². The molecule has 0 spiro atoms. The first kappa shape index (κ1) is 6.97. The number of nitrogens with zero attached hydrogens (tertiary/aromatic N) is 2. The fourth-order valence-electron chi connectivity index (χ4n) is 1.08. The fourth-order valence-corrected chi connectivity index (χ4v) is 1.08. The average molecular weight is 161 g/mol. The molecular formula is C8H7N3O. The van der Waals surface area contributed by atoms with Gasteiger partial charge in [0.25, 0.3) is 5.56 Å². The molecule has 0 aromatic carbocycles. The molecule has 1 heterocycles. The van der Waals surface area contributed by atoms with E-state index >= 15 is 0 Å². The van der Waals surface area contributed by atoms with E-state index in [0.717, 1.165) is 6.42 Å². The number of rotatable bonds is 0. The van der Waals surface area contributed by atoms with Crippen molar-refractivity contribution in [2.24, 2.45) is 0 Å². The maximum Gasteiger partial charge on any atom is 0.274 e. The number of aromatic nitrogens is 3. The average Bonchev–Trinajstić information content (AvgIpc) is 2.30. The molecule has 4 nitrogen and oxygen atoms in total. The highest BCUT2D eigenvalue weighted by Crippen LogP contribution is 2.08. The van der Waals surface area contributed by atoms with Crippen LogP contribution < -0.4 is 5.56 Å². The van der Waals surface area contributed by atoms with E-state index in [4.69, 9.17) is 0 Å². The smallest absolute Gasteiger partial charge is 0.267 e. The largest absolute Gasteiger partial charge is 0.274 e. The van der Waals surface area contributed by atoms with Gasteiger partial charge < -0.3 is 0 Å². The predicted octanol–water partition coefficient (Wildman–Crippen LogP) is 0.595. The zero-order valence-electron chi connectivity index (χ0n) is 6.32. The van der Waals surface area contributed by atoms with E-state index in [1.807, 2.05) is 12.2 Å². The number of allylic oxidation sites excluding steroid dienone is 2. The van der Waals surface area contributed by atoms with Crippen molar-refractivity contribution in [3.8, 4) is 0 Å². The maximum atomic E-state index is 11.2. The lowest BCUT2D eigenvalue weighted by Gasteiger charge is -1.93. The van der Waals surface area contributed by atoms with Crippen LogP contribution in [0.2, 0.25) is 0 Å². The first-order chi connectivity index (χ1) is 5.88. The molecule has 0 atom stereocenters. The zero-order chi connectivity index (χ0) is 8.39. The van der Waals surface area contributed by atoms with Crippen LogP contribution in [0.25, 0.3) is 12.2 Å². The number of fused-ring (bicyclic) bond motifs is 1. The Bertz CT molecular complexity index is 403. The second kappa shape index (κ2) is 2.73. The summed E-state index contributed by atoms with van der Waals surface area (Å²) >= 11 is 0. The second-order valence-electron chi connectivity index (χ2n) is 2.48. The summed E-state index contributed by atoms with van der Waals surface area (Å²) in [5, 5.41) is 9.55. The molecule has 0 bridgehead atoms. The zero-order valence-corrected chi connectivity index (χ0v) is 6.32. The van der Waals surface area contributed by atoms with Gasteiger partial charge in [0.05, 0.1) is 11.3 Å².